The van der Waals surface area contributed by atoms with Crippen LogP contribution in [0.2, 0.25) is 0 Å². The molecule has 19 heavy (non-hydrogen) atoms. The smallest absolute Gasteiger partial charge is 0.309 e. The third-order valence-corrected chi connectivity index (χ3v) is 4.94. The Morgan fingerprint density at radius 3 is 2.79 bits per heavy atom. The predicted octanol–water partition coefficient (Wildman–Crippen LogP) is 0.873. The van der Waals surface area contributed by atoms with Crippen molar-refractivity contribution in [1.29, 1.82) is 0 Å². The molecular formula is C13H17NO4S. The number of esters is 1. The zero-order chi connectivity index (χ0) is 14.0. The Balaban J connectivity index is 2.39. The summed E-state index contributed by atoms with van der Waals surface area (Å²) in [6.07, 6.45) is 0.959. The van der Waals surface area contributed by atoms with Gasteiger partial charge in [-0.3, -0.25) is 4.79 Å². The number of sulfonamides is 1. The second-order valence-corrected chi connectivity index (χ2v) is 6.26. The Morgan fingerprint density at radius 2 is 2.16 bits per heavy atom. The van der Waals surface area contributed by atoms with Crippen LogP contribution in [0.15, 0.2) is 23.1 Å². The molecule has 0 saturated carbocycles. The van der Waals surface area contributed by atoms with Gasteiger partial charge in [0.05, 0.1) is 17.9 Å². The molecule has 0 aliphatic heterocycles. The van der Waals surface area contributed by atoms with E-state index in [1.807, 2.05) is 6.07 Å². The van der Waals surface area contributed by atoms with Crippen molar-refractivity contribution in [2.45, 2.75) is 24.7 Å². The molecule has 6 heteroatoms. The third-order valence-electron chi connectivity index (χ3n) is 3.31. The fourth-order valence-electron chi connectivity index (χ4n) is 2.47. The Morgan fingerprint density at radius 1 is 1.42 bits per heavy atom. The van der Waals surface area contributed by atoms with Crippen molar-refractivity contribution in [2.75, 3.05) is 13.7 Å². The van der Waals surface area contributed by atoms with Crippen molar-refractivity contribution >= 4 is 16.0 Å². The molecule has 5 nitrogen and oxygen atoms in total. The number of hydrogen-bond donors (Lipinski definition) is 1. The fourth-order valence-corrected chi connectivity index (χ4v) is 3.80. The lowest BCUT2D eigenvalue weighted by Crippen LogP contribution is -2.24. The Hall–Kier alpha value is -1.40. The van der Waals surface area contributed by atoms with Gasteiger partial charge in [0.2, 0.25) is 10.0 Å². The molecule has 0 bridgehead atoms. The molecule has 1 aliphatic rings. The summed E-state index contributed by atoms with van der Waals surface area (Å²) < 4.78 is 31.4. The average molecular weight is 283 g/mol. The first-order valence-electron chi connectivity index (χ1n) is 6.18. The zero-order valence-corrected chi connectivity index (χ0v) is 11.8. The lowest BCUT2D eigenvalue weighted by atomic mass is 10.1. The topological polar surface area (TPSA) is 72.5 Å². The van der Waals surface area contributed by atoms with Crippen molar-refractivity contribution < 1.29 is 17.9 Å². The van der Waals surface area contributed by atoms with Gasteiger partial charge < -0.3 is 4.74 Å². The van der Waals surface area contributed by atoms with Crippen molar-refractivity contribution in [1.82, 2.24) is 4.72 Å². The molecule has 1 unspecified atom stereocenters. The molecule has 1 N–H and O–H groups in total. The highest BCUT2D eigenvalue weighted by atomic mass is 32.2. The molecule has 1 atom stereocenters. The first kappa shape index (κ1) is 14.0. The van der Waals surface area contributed by atoms with Gasteiger partial charge in [-0.25, -0.2) is 13.1 Å². The molecule has 0 amide bonds. The summed E-state index contributed by atoms with van der Waals surface area (Å²) in [5.74, 6) is -0.569. The maximum absolute atomic E-state index is 12.1. The van der Waals surface area contributed by atoms with Crippen LogP contribution in [0.4, 0.5) is 0 Å². The highest BCUT2D eigenvalue weighted by Crippen LogP contribution is 2.32. The number of carbonyl (C=O) groups is 1. The van der Waals surface area contributed by atoms with E-state index in [1.54, 1.807) is 19.1 Å². The number of fused-ring (bicyclic) bond motifs is 1. The molecule has 0 aromatic heterocycles. The normalized spacial score (nSPS) is 18.1. The van der Waals surface area contributed by atoms with Crippen LogP contribution >= 0.6 is 0 Å². The van der Waals surface area contributed by atoms with Gasteiger partial charge >= 0.3 is 5.97 Å². The van der Waals surface area contributed by atoms with E-state index in [-0.39, 0.29) is 16.8 Å². The maximum Gasteiger partial charge on any atom is 0.309 e. The van der Waals surface area contributed by atoms with E-state index in [0.717, 1.165) is 11.1 Å². The van der Waals surface area contributed by atoms with E-state index >= 15 is 0 Å². The minimum Gasteiger partial charge on any atom is -0.469 e. The maximum atomic E-state index is 12.1. The van der Waals surface area contributed by atoms with Gasteiger partial charge in [-0.05, 0) is 30.0 Å². The zero-order valence-electron chi connectivity index (χ0n) is 11.0. The minimum absolute atomic E-state index is 0.276. The lowest BCUT2D eigenvalue weighted by molar-refractivity contribution is -0.145. The molecular weight excluding hydrogens is 266 g/mol. The number of rotatable bonds is 4. The van der Waals surface area contributed by atoms with E-state index in [4.69, 9.17) is 4.74 Å². The van der Waals surface area contributed by atoms with Gasteiger partial charge in [-0.15, -0.1) is 0 Å². The average Bonchev–Trinajstić information content (AvgIpc) is 2.81. The molecule has 2 rings (SSSR count). The summed E-state index contributed by atoms with van der Waals surface area (Å²) >= 11 is 0. The third kappa shape index (κ3) is 2.64. The van der Waals surface area contributed by atoms with Crippen LogP contribution in [0.3, 0.4) is 0 Å². The number of carbonyl (C=O) groups excluding carboxylic acids is 1. The van der Waals surface area contributed by atoms with Crippen LogP contribution in [-0.2, 0) is 32.4 Å². The molecule has 0 saturated heterocycles. The monoisotopic (exact) mass is 283 g/mol. The molecule has 1 aliphatic carbocycles. The summed E-state index contributed by atoms with van der Waals surface area (Å²) in [6, 6.07) is 5.16. The number of hydrogen-bond acceptors (Lipinski definition) is 4. The molecule has 1 aromatic rings. The van der Waals surface area contributed by atoms with E-state index in [2.05, 4.69) is 4.72 Å². The van der Waals surface area contributed by atoms with Crippen LogP contribution in [0.5, 0.6) is 0 Å². The van der Waals surface area contributed by atoms with Crippen molar-refractivity contribution in [3.05, 3.63) is 29.3 Å². The van der Waals surface area contributed by atoms with Crippen LogP contribution in [-0.4, -0.2) is 28.0 Å². The van der Waals surface area contributed by atoms with Crippen LogP contribution in [0, 0.1) is 5.92 Å². The van der Waals surface area contributed by atoms with E-state index in [9.17, 15) is 13.2 Å². The second-order valence-electron chi connectivity index (χ2n) is 4.52. The fraction of sp³-hybridized carbons (Fsp3) is 0.462. The SMILES string of the molecule is CCNS(=O)(=O)c1cccc2c1CC(C(=O)OC)C2. The van der Waals surface area contributed by atoms with Crippen molar-refractivity contribution in [3.63, 3.8) is 0 Å². The summed E-state index contributed by atoms with van der Waals surface area (Å²) in [5.41, 5.74) is 1.65. The molecule has 0 heterocycles. The van der Waals surface area contributed by atoms with Gasteiger partial charge in [-0.1, -0.05) is 19.1 Å². The first-order chi connectivity index (χ1) is 8.99. The molecule has 0 radical (unpaired) electrons. The highest BCUT2D eigenvalue weighted by Gasteiger charge is 2.32. The summed E-state index contributed by atoms with van der Waals surface area (Å²) in [7, 11) is -2.14. The van der Waals surface area contributed by atoms with Crippen molar-refractivity contribution in [3.8, 4) is 0 Å². The van der Waals surface area contributed by atoms with Gasteiger partial charge in [0, 0.05) is 6.54 Å². The minimum atomic E-state index is -3.49. The molecule has 1 aromatic carbocycles. The summed E-state index contributed by atoms with van der Waals surface area (Å²) in [4.78, 5) is 11.9. The van der Waals surface area contributed by atoms with Gasteiger partial charge in [0.1, 0.15) is 0 Å². The van der Waals surface area contributed by atoms with Crippen LogP contribution in [0.1, 0.15) is 18.1 Å². The van der Waals surface area contributed by atoms with E-state index in [1.165, 1.54) is 7.11 Å². The van der Waals surface area contributed by atoms with Gasteiger partial charge in [0.25, 0.3) is 0 Å². The Labute approximate surface area is 113 Å². The van der Waals surface area contributed by atoms with E-state index in [0.29, 0.717) is 19.4 Å². The lowest BCUT2D eigenvalue weighted by Gasteiger charge is -2.09. The van der Waals surface area contributed by atoms with Crippen LogP contribution < -0.4 is 4.72 Å². The number of benzene rings is 1. The molecule has 104 valence electrons. The highest BCUT2D eigenvalue weighted by molar-refractivity contribution is 7.89. The Kier molecular flexibility index (Phi) is 3.91. The quantitative estimate of drug-likeness (QED) is 0.832. The largest absolute Gasteiger partial charge is 0.469 e. The van der Waals surface area contributed by atoms with Crippen LogP contribution in [0.25, 0.3) is 0 Å². The molecule has 0 fully saturated rings. The number of nitrogens with one attached hydrogen (secondary N) is 1. The molecule has 0 spiro atoms. The standard InChI is InChI=1S/C13H17NO4S/c1-3-14-19(16,17)12-6-4-5-9-7-10(8-11(9)12)13(15)18-2/h4-6,10,14H,3,7-8H2,1-2H3. The Bertz CT molecular complexity index is 595. The number of ether oxygens (including phenoxy) is 1. The first-order valence-corrected chi connectivity index (χ1v) is 7.66. The van der Waals surface area contributed by atoms with Crippen molar-refractivity contribution in [2.24, 2.45) is 5.92 Å². The summed E-state index contributed by atoms with van der Waals surface area (Å²) in [6.45, 7) is 2.07. The van der Waals surface area contributed by atoms with Gasteiger partial charge in [-0.2, -0.15) is 0 Å². The van der Waals surface area contributed by atoms with Gasteiger partial charge in [0.15, 0.2) is 0 Å². The van der Waals surface area contributed by atoms with E-state index < -0.39 is 10.0 Å². The summed E-state index contributed by atoms with van der Waals surface area (Å²) in [5, 5.41) is 0. The number of methoxy groups -OCH3 is 1. The predicted molar refractivity (Wildman–Crippen MR) is 70.2 cm³/mol. The second kappa shape index (κ2) is 5.30.